The van der Waals surface area contributed by atoms with Crippen molar-refractivity contribution in [2.24, 2.45) is 0 Å². The van der Waals surface area contributed by atoms with Gasteiger partial charge in [0.15, 0.2) is 0 Å². The molecule has 5 nitrogen and oxygen atoms in total. The van der Waals surface area contributed by atoms with Gasteiger partial charge in [0, 0.05) is 17.3 Å². The molecule has 1 unspecified atom stereocenters. The Hall–Kier alpha value is -1.49. The lowest BCUT2D eigenvalue weighted by atomic mass is 10.0. The molecule has 0 aliphatic heterocycles. The van der Waals surface area contributed by atoms with Crippen molar-refractivity contribution in [3.8, 4) is 0 Å². The minimum Gasteiger partial charge on any atom is -0.393 e. The molecule has 0 amide bonds. The Morgan fingerprint density at radius 1 is 1.53 bits per heavy atom. The van der Waals surface area contributed by atoms with E-state index in [9.17, 15) is 15.2 Å². The number of nitrogens with zero attached hydrogens (tertiary/aromatic N) is 2. The molecule has 0 spiro atoms. The van der Waals surface area contributed by atoms with Gasteiger partial charge >= 0.3 is 0 Å². The van der Waals surface area contributed by atoms with Gasteiger partial charge in [0.25, 0.3) is 5.69 Å². The number of aromatic nitrogens is 1. The van der Waals surface area contributed by atoms with Crippen molar-refractivity contribution in [1.82, 2.24) is 4.98 Å². The van der Waals surface area contributed by atoms with E-state index in [1.807, 2.05) is 6.92 Å². The number of pyridine rings is 1. The van der Waals surface area contributed by atoms with Gasteiger partial charge in [0.2, 0.25) is 0 Å². The van der Waals surface area contributed by atoms with Gasteiger partial charge in [-0.3, -0.25) is 15.1 Å². The molecule has 17 heavy (non-hydrogen) atoms. The first kappa shape index (κ1) is 13.6. The van der Waals surface area contributed by atoms with Crippen molar-refractivity contribution in [3.63, 3.8) is 0 Å². The molecular formula is C12H18N2O3. The molecule has 0 aliphatic carbocycles. The third-order valence-electron chi connectivity index (χ3n) is 2.94. The lowest BCUT2D eigenvalue weighted by Gasteiger charge is -2.09. The second-order valence-electron chi connectivity index (χ2n) is 4.22. The van der Waals surface area contributed by atoms with Crippen LogP contribution in [-0.4, -0.2) is 21.1 Å². The van der Waals surface area contributed by atoms with Crippen molar-refractivity contribution < 1.29 is 10.0 Å². The molecule has 1 rings (SSSR count). The van der Waals surface area contributed by atoms with E-state index in [-0.39, 0.29) is 16.7 Å². The van der Waals surface area contributed by atoms with Crippen LogP contribution < -0.4 is 0 Å². The van der Waals surface area contributed by atoms with Crippen molar-refractivity contribution >= 4 is 5.69 Å². The van der Waals surface area contributed by atoms with Crippen LogP contribution in [0.4, 0.5) is 5.69 Å². The van der Waals surface area contributed by atoms with Crippen molar-refractivity contribution in [2.75, 3.05) is 0 Å². The Labute approximate surface area is 101 Å². The first-order valence-corrected chi connectivity index (χ1v) is 5.74. The minimum absolute atomic E-state index is 0.140. The number of aliphatic hydroxyl groups is 1. The highest BCUT2D eigenvalue weighted by Gasteiger charge is 2.18. The van der Waals surface area contributed by atoms with Crippen molar-refractivity contribution in [3.05, 3.63) is 33.1 Å². The van der Waals surface area contributed by atoms with E-state index >= 15 is 0 Å². The summed E-state index contributed by atoms with van der Waals surface area (Å²) in [7, 11) is 0. The summed E-state index contributed by atoms with van der Waals surface area (Å²) in [6.07, 6.45) is 3.01. The number of nitro groups is 1. The number of hydrogen-bond donors (Lipinski definition) is 1. The van der Waals surface area contributed by atoms with Gasteiger partial charge in [-0.05, 0) is 33.1 Å². The third kappa shape index (κ3) is 3.23. The molecule has 0 saturated carbocycles. The molecule has 1 aromatic heterocycles. The summed E-state index contributed by atoms with van der Waals surface area (Å²) in [5.41, 5.74) is 2.03. The van der Waals surface area contributed by atoms with E-state index in [2.05, 4.69) is 4.98 Å². The molecule has 5 heteroatoms. The average molecular weight is 238 g/mol. The molecule has 0 bridgehead atoms. The van der Waals surface area contributed by atoms with Crippen LogP contribution >= 0.6 is 0 Å². The van der Waals surface area contributed by atoms with Gasteiger partial charge in [0.05, 0.1) is 16.7 Å². The second-order valence-corrected chi connectivity index (χ2v) is 4.22. The van der Waals surface area contributed by atoms with Crippen LogP contribution in [0.15, 0.2) is 6.20 Å². The predicted octanol–water partition coefficient (Wildman–Crippen LogP) is 2.31. The summed E-state index contributed by atoms with van der Waals surface area (Å²) in [5, 5.41) is 20.4. The second kappa shape index (κ2) is 5.72. The first-order valence-electron chi connectivity index (χ1n) is 5.74. The highest BCUT2D eigenvalue weighted by Crippen LogP contribution is 2.24. The Bertz CT molecular complexity index is 418. The van der Waals surface area contributed by atoms with Crippen LogP contribution in [0.1, 0.15) is 36.6 Å². The fourth-order valence-corrected chi connectivity index (χ4v) is 1.81. The van der Waals surface area contributed by atoms with Crippen LogP contribution in [-0.2, 0) is 6.42 Å². The number of rotatable bonds is 5. The molecule has 1 atom stereocenters. The van der Waals surface area contributed by atoms with Crippen LogP contribution in [0.5, 0.6) is 0 Å². The van der Waals surface area contributed by atoms with Gasteiger partial charge in [-0.15, -0.1) is 0 Å². The fourth-order valence-electron chi connectivity index (χ4n) is 1.81. The largest absolute Gasteiger partial charge is 0.393 e. The topological polar surface area (TPSA) is 76.3 Å². The number of aryl methyl sites for hydroxylation is 2. The van der Waals surface area contributed by atoms with Gasteiger partial charge < -0.3 is 5.11 Å². The zero-order valence-corrected chi connectivity index (χ0v) is 10.4. The average Bonchev–Trinajstić information content (AvgIpc) is 2.27. The van der Waals surface area contributed by atoms with Crippen molar-refractivity contribution in [2.45, 2.75) is 46.1 Å². The van der Waals surface area contributed by atoms with Gasteiger partial charge in [-0.2, -0.15) is 0 Å². The molecule has 0 radical (unpaired) electrons. The monoisotopic (exact) mass is 238 g/mol. The van der Waals surface area contributed by atoms with E-state index in [0.717, 1.165) is 0 Å². The third-order valence-corrected chi connectivity index (χ3v) is 2.94. The van der Waals surface area contributed by atoms with Gasteiger partial charge in [-0.1, -0.05) is 6.92 Å². The molecule has 0 aromatic carbocycles. The molecule has 1 heterocycles. The van der Waals surface area contributed by atoms with Gasteiger partial charge in [-0.25, -0.2) is 0 Å². The normalized spacial score (nSPS) is 12.5. The molecule has 1 aromatic rings. The Kier molecular flexibility index (Phi) is 4.57. The Morgan fingerprint density at radius 3 is 2.71 bits per heavy atom. The number of aliphatic hydroxyl groups excluding tert-OH is 1. The molecule has 1 N–H and O–H groups in total. The van der Waals surface area contributed by atoms with Gasteiger partial charge in [0.1, 0.15) is 0 Å². The summed E-state index contributed by atoms with van der Waals surface area (Å²) in [5.74, 6) is 0. The summed E-state index contributed by atoms with van der Waals surface area (Å²) in [4.78, 5) is 14.8. The van der Waals surface area contributed by atoms with Crippen LogP contribution in [0, 0.1) is 24.0 Å². The smallest absolute Gasteiger partial charge is 0.278 e. The lowest BCUT2D eigenvalue weighted by molar-refractivity contribution is -0.386. The zero-order chi connectivity index (χ0) is 13.0. The van der Waals surface area contributed by atoms with Crippen LogP contribution in [0.3, 0.4) is 0 Å². The van der Waals surface area contributed by atoms with E-state index in [4.69, 9.17) is 0 Å². The zero-order valence-electron chi connectivity index (χ0n) is 10.4. The molecule has 94 valence electrons. The van der Waals surface area contributed by atoms with Crippen LogP contribution in [0.25, 0.3) is 0 Å². The SMILES string of the molecule is CCC(O)CCc1ncc(C)c([N+](=O)[O-])c1C. The lowest BCUT2D eigenvalue weighted by Crippen LogP contribution is -2.08. The highest BCUT2D eigenvalue weighted by molar-refractivity contribution is 5.47. The fraction of sp³-hybridized carbons (Fsp3) is 0.583. The van der Waals surface area contributed by atoms with E-state index in [1.165, 1.54) is 6.20 Å². The maximum atomic E-state index is 10.9. The Morgan fingerprint density at radius 2 is 2.18 bits per heavy atom. The molecule has 0 aliphatic rings. The first-order chi connectivity index (χ1) is 7.97. The standard InChI is InChI=1S/C12H18N2O3/c1-4-10(15)5-6-11-9(3)12(14(16)17)8(2)7-13-11/h7,10,15H,4-6H2,1-3H3. The van der Waals surface area contributed by atoms with E-state index < -0.39 is 0 Å². The minimum atomic E-state index is -0.369. The quantitative estimate of drug-likeness (QED) is 0.630. The van der Waals surface area contributed by atoms with Crippen LogP contribution in [0.2, 0.25) is 0 Å². The summed E-state index contributed by atoms with van der Waals surface area (Å²) in [6.45, 7) is 5.30. The van der Waals surface area contributed by atoms with Crippen molar-refractivity contribution in [1.29, 1.82) is 0 Å². The summed E-state index contributed by atoms with van der Waals surface area (Å²) < 4.78 is 0. The molecule has 0 saturated heterocycles. The predicted molar refractivity (Wildman–Crippen MR) is 65.0 cm³/mol. The van der Waals surface area contributed by atoms with E-state index in [0.29, 0.717) is 36.1 Å². The molecular weight excluding hydrogens is 220 g/mol. The Balaban J connectivity index is 2.95. The summed E-state index contributed by atoms with van der Waals surface area (Å²) in [6, 6.07) is 0. The number of hydrogen-bond acceptors (Lipinski definition) is 4. The van der Waals surface area contributed by atoms with E-state index in [1.54, 1.807) is 13.8 Å². The highest BCUT2D eigenvalue weighted by atomic mass is 16.6. The summed E-state index contributed by atoms with van der Waals surface area (Å²) >= 11 is 0. The maximum absolute atomic E-state index is 10.9. The molecule has 0 fully saturated rings. The maximum Gasteiger partial charge on any atom is 0.278 e.